The average molecular weight is 218 g/mol. The average Bonchev–Trinajstić information content (AvgIpc) is 2.23. The quantitative estimate of drug-likeness (QED) is 0.572. The van der Waals surface area contributed by atoms with E-state index in [1.54, 1.807) is 12.0 Å². The molecule has 0 saturated carbocycles. The van der Waals surface area contributed by atoms with E-state index in [9.17, 15) is 4.79 Å². The number of hydrogen-bond acceptors (Lipinski definition) is 4. The fraction of sp³-hybridized carbons (Fsp3) is 0.900. The van der Waals surface area contributed by atoms with E-state index in [4.69, 9.17) is 15.6 Å². The number of nitrogens with two attached hydrogens (primary N) is 1. The van der Waals surface area contributed by atoms with Gasteiger partial charge in [-0.1, -0.05) is 6.92 Å². The van der Waals surface area contributed by atoms with E-state index in [0.29, 0.717) is 32.7 Å². The number of carbonyl (C=O) groups excluding carboxylic acids is 1. The number of ether oxygens (including phenoxy) is 1. The van der Waals surface area contributed by atoms with Crippen LogP contribution in [-0.2, 0) is 9.53 Å². The summed E-state index contributed by atoms with van der Waals surface area (Å²) in [5, 5.41) is 8.82. The predicted octanol–water partition coefficient (Wildman–Crippen LogP) is -0.561. The molecule has 1 unspecified atom stereocenters. The highest BCUT2D eigenvalue weighted by Crippen LogP contribution is 2.03. The molecule has 0 aliphatic rings. The zero-order valence-electron chi connectivity index (χ0n) is 9.61. The Morgan fingerprint density at radius 3 is 2.67 bits per heavy atom. The van der Waals surface area contributed by atoms with E-state index in [0.717, 1.165) is 0 Å². The number of carbonyl (C=O) groups is 1. The van der Waals surface area contributed by atoms with Crippen molar-refractivity contribution in [3.8, 4) is 0 Å². The van der Waals surface area contributed by atoms with Crippen LogP contribution in [0.4, 0.5) is 0 Å². The van der Waals surface area contributed by atoms with Crippen LogP contribution in [0.2, 0.25) is 0 Å². The van der Waals surface area contributed by atoms with Gasteiger partial charge in [0.15, 0.2) is 0 Å². The second-order valence-electron chi connectivity index (χ2n) is 3.64. The first-order valence-electron chi connectivity index (χ1n) is 5.23. The Balaban J connectivity index is 4.03. The van der Waals surface area contributed by atoms with E-state index in [1.807, 2.05) is 6.92 Å². The second-order valence-corrected chi connectivity index (χ2v) is 3.64. The predicted molar refractivity (Wildman–Crippen MR) is 58.4 cm³/mol. The highest BCUT2D eigenvalue weighted by atomic mass is 16.5. The molecule has 5 nitrogen and oxygen atoms in total. The molecule has 0 aliphatic heterocycles. The van der Waals surface area contributed by atoms with Gasteiger partial charge in [0.1, 0.15) is 0 Å². The highest BCUT2D eigenvalue weighted by molar-refractivity contribution is 5.76. The molecular weight excluding hydrogens is 196 g/mol. The van der Waals surface area contributed by atoms with Gasteiger partial charge in [-0.15, -0.1) is 0 Å². The van der Waals surface area contributed by atoms with Crippen molar-refractivity contribution in [2.75, 3.05) is 40.0 Å². The first-order valence-corrected chi connectivity index (χ1v) is 5.23. The molecule has 0 radical (unpaired) electrons. The lowest BCUT2D eigenvalue weighted by molar-refractivity contribution is -0.133. The van der Waals surface area contributed by atoms with Gasteiger partial charge in [0.2, 0.25) is 5.91 Å². The van der Waals surface area contributed by atoms with Gasteiger partial charge in [-0.3, -0.25) is 4.79 Å². The van der Waals surface area contributed by atoms with Gasteiger partial charge in [0.05, 0.1) is 13.2 Å². The van der Waals surface area contributed by atoms with E-state index in [1.165, 1.54) is 0 Å². The van der Waals surface area contributed by atoms with Crippen molar-refractivity contribution in [2.45, 2.75) is 13.3 Å². The van der Waals surface area contributed by atoms with Gasteiger partial charge >= 0.3 is 0 Å². The summed E-state index contributed by atoms with van der Waals surface area (Å²) in [4.78, 5) is 13.3. The molecule has 0 aromatic carbocycles. The largest absolute Gasteiger partial charge is 0.395 e. The van der Waals surface area contributed by atoms with E-state index in [-0.39, 0.29) is 18.4 Å². The van der Waals surface area contributed by atoms with Gasteiger partial charge in [-0.05, 0) is 12.5 Å². The molecule has 15 heavy (non-hydrogen) atoms. The number of hydrogen-bond donors (Lipinski definition) is 2. The normalized spacial score (nSPS) is 12.5. The number of amides is 1. The minimum atomic E-state index is -0.0214. The van der Waals surface area contributed by atoms with Crippen LogP contribution in [0.25, 0.3) is 0 Å². The number of aliphatic hydroxyl groups is 1. The Labute approximate surface area is 91.2 Å². The van der Waals surface area contributed by atoms with Gasteiger partial charge in [0.25, 0.3) is 0 Å². The summed E-state index contributed by atoms with van der Waals surface area (Å²) in [6, 6.07) is 0. The second kappa shape index (κ2) is 8.64. The van der Waals surface area contributed by atoms with Crippen LogP contribution in [0, 0.1) is 5.92 Å². The van der Waals surface area contributed by atoms with Gasteiger partial charge in [-0.25, -0.2) is 0 Å². The Hall–Kier alpha value is -0.650. The first-order chi connectivity index (χ1) is 7.15. The third-order valence-corrected chi connectivity index (χ3v) is 2.21. The lowest BCUT2D eigenvalue weighted by Crippen LogP contribution is -2.37. The molecule has 90 valence electrons. The van der Waals surface area contributed by atoms with Gasteiger partial charge < -0.3 is 20.5 Å². The van der Waals surface area contributed by atoms with Crippen LogP contribution in [-0.4, -0.2) is 55.9 Å². The van der Waals surface area contributed by atoms with Crippen molar-refractivity contribution >= 4 is 5.91 Å². The monoisotopic (exact) mass is 218 g/mol. The zero-order chi connectivity index (χ0) is 11.7. The summed E-state index contributed by atoms with van der Waals surface area (Å²) in [6.07, 6.45) is 0.431. The minimum Gasteiger partial charge on any atom is -0.395 e. The molecule has 1 amide bonds. The summed E-state index contributed by atoms with van der Waals surface area (Å²) in [7, 11) is 1.59. The fourth-order valence-electron chi connectivity index (χ4n) is 1.19. The third kappa shape index (κ3) is 6.43. The molecule has 0 saturated heterocycles. The van der Waals surface area contributed by atoms with Crippen molar-refractivity contribution in [1.29, 1.82) is 0 Å². The number of rotatable bonds is 8. The Morgan fingerprint density at radius 2 is 2.20 bits per heavy atom. The maximum absolute atomic E-state index is 11.7. The fourth-order valence-corrected chi connectivity index (χ4v) is 1.19. The van der Waals surface area contributed by atoms with Crippen molar-refractivity contribution in [2.24, 2.45) is 11.7 Å². The van der Waals surface area contributed by atoms with Crippen LogP contribution in [0.15, 0.2) is 0 Å². The molecule has 0 fully saturated rings. The third-order valence-electron chi connectivity index (χ3n) is 2.21. The van der Waals surface area contributed by atoms with Crippen molar-refractivity contribution in [1.82, 2.24) is 4.90 Å². The van der Waals surface area contributed by atoms with E-state index < -0.39 is 0 Å². The molecule has 0 aromatic heterocycles. The van der Waals surface area contributed by atoms with E-state index >= 15 is 0 Å². The molecule has 0 rings (SSSR count). The zero-order valence-corrected chi connectivity index (χ0v) is 9.61. The summed E-state index contributed by atoms with van der Waals surface area (Å²) in [6.45, 7) is 3.79. The molecule has 3 N–H and O–H groups in total. The smallest absolute Gasteiger partial charge is 0.223 e. The van der Waals surface area contributed by atoms with Crippen molar-refractivity contribution in [3.05, 3.63) is 0 Å². The molecule has 0 aliphatic carbocycles. The molecule has 0 heterocycles. The lowest BCUT2D eigenvalue weighted by atomic mass is 10.1. The molecule has 0 bridgehead atoms. The topological polar surface area (TPSA) is 75.8 Å². The van der Waals surface area contributed by atoms with Crippen LogP contribution >= 0.6 is 0 Å². The summed E-state index contributed by atoms with van der Waals surface area (Å²) >= 11 is 0. The highest BCUT2D eigenvalue weighted by Gasteiger charge is 2.15. The van der Waals surface area contributed by atoms with Crippen LogP contribution in [0.5, 0.6) is 0 Å². The van der Waals surface area contributed by atoms with Crippen molar-refractivity contribution < 1.29 is 14.6 Å². The summed E-state index contributed by atoms with van der Waals surface area (Å²) in [5.74, 6) is 0.209. The standard InChI is InChI=1S/C10H22N2O3/c1-9(8-11)7-10(14)12(3-5-13)4-6-15-2/h9,13H,3-8,11H2,1-2H3. The summed E-state index contributed by atoms with van der Waals surface area (Å²) in [5.41, 5.74) is 5.45. The van der Waals surface area contributed by atoms with Gasteiger partial charge in [0, 0.05) is 26.6 Å². The molecule has 1 atom stereocenters. The Morgan fingerprint density at radius 1 is 1.53 bits per heavy atom. The first kappa shape index (κ1) is 14.3. The van der Waals surface area contributed by atoms with Crippen LogP contribution in [0.3, 0.4) is 0 Å². The number of methoxy groups -OCH3 is 1. The Kier molecular flexibility index (Phi) is 8.27. The molecular formula is C10H22N2O3. The van der Waals surface area contributed by atoms with E-state index in [2.05, 4.69) is 0 Å². The SMILES string of the molecule is COCCN(CCO)C(=O)CC(C)CN. The molecule has 0 spiro atoms. The van der Waals surface area contributed by atoms with Gasteiger partial charge in [-0.2, -0.15) is 0 Å². The molecule has 5 heteroatoms. The maximum Gasteiger partial charge on any atom is 0.223 e. The maximum atomic E-state index is 11.7. The van der Waals surface area contributed by atoms with Crippen LogP contribution in [0.1, 0.15) is 13.3 Å². The minimum absolute atomic E-state index is 0.0214. The van der Waals surface area contributed by atoms with Crippen LogP contribution < -0.4 is 5.73 Å². The van der Waals surface area contributed by atoms with Crippen molar-refractivity contribution in [3.63, 3.8) is 0 Å². The number of aliphatic hydroxyl groups excluding tert-OH is 1. The lowest BCUT2D eigenvalue weighted by Gasteiger charge is -2.22. The summed E-state index contributed by atoms with van der Waals surface area (Å²) < 4.78 is 4.90. The molecule has 0 aromatic rings. The number of nitrogens with zero attached hydrogens (tertiary/aromatic N) is 1. The Bertz CT molecular complexity index is 176.